The number of fused-ring (bicyclic) bond motifs is 1. The van der Waals surface area contributed by atoms with Gasteiger partial charge in [0, 0.05) is 48.0 Å². The SMILES string of the molecule is OC[C@]12COCC[C@H]1CN(Cc1ccc(CN3CCCCC3)s1)C2. The number of ether oxygens (including phenoxy) is 1. The van der Waals surface area contributed by atoms with E-state index in [2.05, 4.69) is 21.9 Å². The van der Waals surface area contributed by atoms with Crippen molar-refractivity contribution in [1.82, 2.24) is 9.80 Å². The maximum absolute atomic E-state index is 9.91. The summed E-state index contributed by atoms with van der Waals surface area (Å²) >= 11 is 1.98. The number of aliphatic hydroxyl groups is 1. The van der Waals surface area contributed by atoms with E-state index in [0.29, 0.717) is 5.92 Å². The van der Waals surface area contributed by atoms with Crippen LogP contribution in [0, 0.1) is 11.3 Å². The Kier molecular flexibility index (Phi) is 5.25. The fourth-order valence-electron chi connectivity index (χ4n) is 4.70. The predicted molar refractivity (Wildman–Crippen MR) is 97.2 cm³/mol. The van der Waals surface area contributed by atoms with Crippen LogP contribution in [0.2, 0.25) is 0 Å². The van der Waals surface area contributed by atoms with Crippen molar-refractivity contribution in [2.24, 2.45) is 11.3 Å². The lowest BCUT2D eigenvalue weighted by Crippen LogP contribution is -2.42. The van der Waals surface area contributed by atoms with E-state index < -0.39 is 0 Å². The smallest absolute Gasteiger partial charge is 0.0559 e. The van der Waals surface area contributed by atoms with Crippen molar-refractivity contribution in [3.8, 4) is 0 Å². The Bertz CT molecular complexity index is 543. The molecule has 3 aliphatic rings. The Balaban J connectivity index is 1.34. The first-order valence-corrected chi connectivity index (χ1v) is 10.3. The summed E-state index contributed by atoms with van der Waals surface area (Å²) in [6.07, 6.45) is 5.22. The molecular weight excluding hydrogens is 320 g/mol. The molecule has 3 saturated heterocycles. The van der Waals surface area contributed by atoms with Gasteiger partial charge in [0.25, 0.3) is 0 Å². The monoisotopic (exact) mass is 350 g/mol. The molecule has 0 aromatic carbocycles. The van der Waals surface area contributed by atoms with Crippen molar-refractivity contribution in [2.45, 2.75) is 38.8 Å². The van der Waals surface area contributed by atoms with Gasteiger partial charge < -0.3 is 9.84 Å². The molecule has 1 aromatic heterocycles. The summed E-state index contributed by atoms with van der Waals surface area (Å²) in [4.78, 5) is 8.10. The molecule has 0 spiro atoms. The van der Waals surface area contributed by atoms with Crippen LogP contribution in [0.3, 0.4) is 0 Å². The molecule has 4 rings (SSSR count). The number of aliphatic hydroxyl groups excluding tert-OH is 1. The fourth-order valence-corrected chi connectivity index (χ4v) is 5.81. The molecule has 134 valence electrons. The van der Waals surface area contributed by atoms with E-state index in [0.717, 1.165) is 45.8 Å². The average Bonchev–Trinajstić information content (AvgIpc) is 3.20. The first kappa shape index (κ1) is 17.0. The van der Waals surface area contributed by atoms with Gasteiger partial charge in [0.2, 0.25) is 0 Å². The molecule has 0 aliphatic carbocycles. The molecule has 1 aromatic rings. The quantitative estimate of drug-likeness (QED) is 0.885. The van der Waals surface area contributed by atoms with Crippen LogP contribution < -0.4 is 0 Å². The number of rotatable bonds is 5. The third-order valence-corrected chi connectivity index (χ3v) is 7.18. The van der Waals surface area contributed by atoms with Crippen molar-refractivity contribution in [1.29, 1.82) is 0 Å². The second kappa shape index (κ2) is 7.42. The molecule has 3 aliphatic heterocycles. The number of thiophene rings is 1. The van der Waals surface area contributed by atoms with Gasteiger partial charge in [0.1, 0.15) is 0 Å². The Morgan fingerprint density at radius 3 is 2.58 bits per heavy atom. The van der Waals surface area contributed by atoms with Crippen molar-refractivity contribution in [2.75, 3.05) is 46.0 Å². The van der Waals surface area contributed by atoms with Gasteiger partial charge >= 0.3 is 0 Å². The van der Waals surface area contributed by atoms with Crippen molar-refractivity contribution < 1.29 is 9.84 Å². The first-order chi connectivity index (χ1) is 11.8. The molecule has 1 N–H and O–H groups in total. The fraction of sp³-hybridized carbons (Fsp3) is 0.789. The molecule has 4 heterocycles. The Morgan fingerprint density at radius 2 is 1.88 bits per heavy atom. The highest BCUT2D eigenvalue weighted by molar-refractivity contribution is 7.11. The highest BCUT2D eigenvalue weighted by atomic mass is 32.1. The van der Waals surface area contributed by atoms with E-state index in [-0.39, 0.29) is 12.0 Å². The van der Waals surface area contributed by atoms with Crippen LogP contribution >= 0.6 is 11.3 Å². The number of piperidine rings is 1. The Hall–Kier alpha value is -0.460. The zero-order valence-electron chi connectivity index (χ0n) is 14.6. The van der Waals surface area contributed by atoms with Gasteiger partial charge in [-0.25, -0.2) is 0 Å². The summed E-state index contributed by atoms with van der Waals surface area (Å²) < 4.78 is 5.68. The maximum atomic E-state index is 9.91. The highest BCUT2D eigenvalue weighted by Crippen LogP contribution is 2.41. The molecule has 0 amide bonds. The Morgan fingerprint density at radius 1 is 1.12 bits per heavy atom. The van der Waals surface area contributed by atoms with Gasteiger partial charge in [0.15, 0.2) is 0 Å². The van der Waals surface area contributed by atoms with Crippen LogP contribution in [0.5, 0.6) is 0 Å². The maximum Gasteiger partial charge on any atom is 0.0559 e. The summed E-state index contributed by atoms with van der Waals surface area (Å²) in [6, 6.07) is 4.64. The number of hydrogen-bond acceptors (Lipinski definition) is 5. The first-order valence-electron chi connectivity index (χ1n) is 9.48. The summed E-state index contributed by atoms with van der Waals surface area (Å²) in [7, 11) is 0. The van der Waals surface area contributed by atoms with Gasteiger partial charge in [-0.15, -0.1) is 11.3 Å². The lowest BCUT2D eigenvalue weighted by molar-refractivity contribution is -0.0561. The average molecular weight is 351 g/mol. The van der Waals surface area contributed by atoms with E-state index in [1.807, 2.05) is 11.3 Å². The van der Waals surface area contributed by atoms with Crippen LogP contribution in [0.1, 0.15) is 35.4 Å². The molecular formula is C19H30N2O2S. The van der Waals surface area contributed by atoms with Gasteiger partial charge in [-0.1, -0.05) is 6.42 Å². The zero-order valence-corrected chi connectivity index (χ0v) is 15.4. The predicted octanol–water partition coefficient (Wildman–Crippen LogP) is 2.56. The molecule has 4 nitrogen and oxygen atoms in total. The lowest BCUT2D eigenvalue weighted by Gasteiger charge is -2.36. The number of hydrogen-bond donors (Lipinski definition) is 1. The largest absolute Gasteiger partial charge is 0.396 e. The zero-order chi connectivity index (χ0) is 16.4. The highest BCUT2D eigenvalue weighted by Gasteiger charge is 2.47. The van der Waals surface area contributed by atoms with Gasteiger partial charge in [-0.2, -0.15) is 0 Å². The van der Waals surface area contributed by atoms with Crippen LogP contribution in [0.4, 0.5) is 0 Å². The molecule has 24 heavy (non-hydrogen) atoms. The van der Waals surface area contributed by atoms with Crippen LogP contribution in [-0.4, -0.2) is 60.9 Å². The van der Waals surface area contributed by atoms with E-state index in [1.165, 1.54) is 42.1 Å². The number of likely N-dealkylation sites (tertiary alicyclic amines) is 2. The van der Waals surface area contributed by atoms with E-state index >= 15 is 0 Å². The molecule has 0 unspecified atom stereocenters. The minimum Gasteiger partial charge on any atom is -0.396 e. The van der Waals surface area contributed by atoms with Crippen molar-refractivity contribution in [3.63, 3.8) is 0 Å². The molecule has 0 radical (unpaired) electrons. The third kappa shape index (κ3) is 3.56. The second-order valence-electron chi connectivity index (χ2n) is 7.93. The minimum atomic E-state index is -0.00780. The lowest BCUT2D eigenvalue weighted by atomic mass is 9.76. The van der Waals surface area contributed by atoms with Crippen molar-refractivity contribution in [3.05, 3.63) is 21.9 Å². The van der Waals surface area contributed by atoms with Crippen LogP contribution in [-0.2, 0) is 17.8 Å². The molecule has 2 atom stereocenters. The van der Waals surface area contributed by atoms with E-state index in [9.17, 15) is 5.11 Å². The van der Waals surface area contributed by atoms with Crippen molar-refractivity contribution >= 4 is 11.3 Å². The standard InChI is InChI=1S/C19H30N2O2S/c22-14-19-13-21(10-16(19)6-9-23-15-19)12-18-5-4-17(24-18)11-20-7-2-1-3-8-20/h4-5,16,22H,1-3,6-15H2/t16-,19+/m0/s1. The summed E-state index contributed by atoms with van der Waals surface area (Å²) in [5.74, 6) is 0.601. The third-order valence-electron chi connectivity index (χ3n) is 6.12. The minimum absolute atomic E-state index is 0.00780. The second-order valence-corrected chi connectivity index (χ2v) is 9.19. The molecule has 0 saturated carbocycles. The molecule has 3 fully saturated rings. The summed E-state index contributed by atoms with van der Waals surface area (Å²) in [5.41, 5.74) is -0.00780. The van der Waals surface area contributed by atoms with Crippen LogP contribution in [0.15, 0.2) is 12.1 Å². The summed E-state index contributed by atoms with van der Waals surface area (Å²) in [5, 5.41) is 9.91. The number of nitrogens with zero attached hydrogens (tertiary/aromatic N) is 2. The normalized spacial score (nSPS) is 32.1. The van der Waals surface area contributed by atoms with Gasteiger partial charge in [0.05, 0.1) is 13.2 Å². The molecule has 5 heteroatoms. The van der Waals surface area contributed by atoms with E-state index in [1.54, 1.807) is 0 Å². The van der Waals surface area contributed by atoms with Gasteiger partial charge in [-0.3, -0.25) is 9.80 Å². The van der Waals surface area contributed by atoms with E-state index in [4.69, 9.17) is 4.74 Å². The Labute approximate surface area is 149 Å². The topological polar surface area (TPSA) is 35.9 Å². The molecule has 0 bridgehead atoms. The van der Waals surface area contributed by atoms with Crippen LogP contribution in [0.25, 0.3) is 0 Å². The van der Waals surface area contributed by atoms with Gasteiger partial charge in [-0.05, 0) is 50.4 Å². The summed E-state index contributed by atoms with van der Waals surface area (Å²) in [6.45, 7) is 8.63.